The zero-order chi connectivity index (χ0) is 19.3. The number of nitrogens with one attached hydrogen (secondary N) is 2. The Morgan fingerprint density at radius 1 is 0.929 bits per heavy atom. The summed E-state index contributed by atoms with van der Waals surface area (Å²) in [7, 11) is 0. The third-order valence-electron chi connectivity index (χ3n) is 5.46. The van der Waals surface area contributed by atoms with E-state index < -0.39 is 0 Å². The zero-order valence-electron chi connectivity index (χ0n) is 15.9. The van der Waals surface area contributed by atoms with E-state index in [9.17, 15) is 4.39 Å². The Balaban J connectivity index is 1.59. The van der Waals surface area contributed by atoms with Crippen LogP contribution < -0.4 is 5.32 Å². The smallest absolute Gasteiger partial charge is 0.154 e. The minimum Gasteiger partial charge on any atom is -0.342 e. The fraction of sp³-hybridized carbons (Fsp3) is 0.333. The molecule has 2 aromatic heterocycles. The third kappa shape index (κ3) is 2.92. The summed E-state index contributed by atoms with van der Waals surface area (Å²) in [5, 5.41) is 11.9. The molecule has 2 N–H and O–H groups in total. The van der Waals surface area contributed by atoms with E-state index in [1.807, 2.05) is 32.0 Å². The molecule has 142 valence electrons. The highest BCUT2D eigenvalue weighted by Crippen LogP contribution is 2.30. The van der Waals surface area contributed by atoms with E-state index in [4.69, 9.17) is 0 Å². The molecule has 0 atom stereocenters. The van der Waals surface area contributed by atoms with Gasteiger partial charge in [-0.1, -0.05) is 0 Å². The van der Waals surface area contributed by atoms with Gasteiger partial charge in [0.2, 0.25) is 0 Å². The highest BCUT2D eigenvalue weighted by Gasteiger charge is 2.20. The number of aryl methyl sites for hydroxylation is 2. The summed E-state index contributed by atoms with van der Waals surface area (Å²) >= 11 is 0. The van der Waals surface area contributed by atoms with Crippen molar-refractivity contribution in [2.45, 2.75) is 32.6 Å². The largest absolute Gasteiger partial charge is 0.342 e. The maximum Gasteiger partial charge on any atom is 0.154 e. The Labute approximate surface area is 161 Å². The molecule has 0 spiro atoms. The number of hydrogen-bond acceptors (Lipinski definition) is 5. The fourth-order valence-corrected chi connectivity index (χ4v) is 4.01. The standard InChI is InChI=1S/C21H21FN6/c1-11-7-14(9-17-19(11)25-12(2)24-17)15-8-16(22)20-18(10-15)27-28-21(26-20)13-3-5-23-6-4-13/h7-10,13,23H,3-6H2,1-2H3,(H,24,25). The molecule has 7 heteroatoms. The molecule has 2 aromatic carbocycles. The van der Waals surface area contributed by atoms with Crippen LogP contribution in [-0.4, -0.2) is 38.2 Å². The third-order valence-corrected chi connectivity index (χ3v) is 5.46. The van der Waals surface area contributed by atoms with Crippen LogP contribution in [0.25, 0.3) is 33.2 Å². The van der Waals surface area contributed by atoms with Gasteiger partial charge in [-0.25, -0.2) is 14.4 Å². The van der Waals surface area contributed by atoms with Crippen molar-refractivity contribution in [3.05, 3.63) is 47.3 Å². The SMILES string of the molecule is Cc1nc2c(C)cc(-c3cc(F)c4nc(C5CCNCC5)nnc4c3)cc2[nH]1. The summed E-state index contributed by atoms with van der Waals surface area (Å²) in [6.07, 6.45) is 1.91. The van der Waals surface area contributed by atoms with Crippen LogP contribution in [0.4, 0.5) is 4.39 Å². The molecule has 4 aromatic rings. The number of aromatic nitrogens is 5. The summed E-state index contributed by atoms with van der Waals surface area (Å²) < 4.78 is 14.9. The van der Waals surface area contributed by atoms with E-state index in [0.29, 0.717) is 16.9 Å². The molecule has 6 nitrogen and oxygen atoms in total. The number of rotatable bonds is 2. The lowest BCUT2D eigenvalue weighted by Crippen LogP contribution is -2.27. The van der Waals surface area contributed by atoms with Crippen LogP contribution >= 0.6 is 0 Å². The number of halogens is 1. The van der Waals surface area contributed by atoms with Crippen molar-refractivity contribution >= 4 is 22.1 Å². The number of imidazole rings is 1. The van der Waals surface area contributed by atoms with E-state index in [0.717, 1.165) is 59.5 Å². The second-order valence-corrected chi connectivity index (χ2v) is 7.53. The Hall–Kier alpha value is -2.93. The second kappa shape index (κ2) is 6.60. The number of benzene rings is 2. The molecule has 1 fully saturated rings. The van der Waals surface area contributed by atoms with E-state index >= 15 is 0 Å². The van der Waals surface area contributed by atoms with Crippen molar-refractivity contribution in [1.29, 1.82) is 0 Å². The van der Waals surface area contributed by atoms with Gasteiger partial charge < -0.3 is 10.3 Å². The zero-order valence-corrected chi connectivity index (χ0v) is 15.9. The Morgan fingerprint density at radius 3 is 2.54 bits per heavy atom. The number of H-pyrrole nitrogens is 1. The molecule has 0 aliphatic carbocycles. The summed E-state index contributed by atoms with van der Waals surface area (Å²) in [6.45, 7) is 5.80. The Morgan fingerprint density at radius 2 is 1.71 bits per heavy atom. The van der Waals surface area contributed by atoms with Crippen molar-refractivity contribution in [2.75, 3.05) is 13.1 Å². The van der Waals surface area contributed by atoms with Crippen LogP contribution in [0, 0.1) is 19.7 Å². The highest BCUT2D eigenvalue weighted by atomic mass is 19.1. The van der Waals surface area contributed by atoms with Crippen LogP contribution in [0.3, 0.4) is 0 Å². The van der Waals surface area contributed by atoms with E-state index in [2.05, 4.69) is 30.5 Å². The van der Waals surface area contributed by atoms with Gasteiger partial charge in [0.25, 0.3) is 0 Å². The van der Waals surface area contributed by atoms with E-state index in [1.54, 1.807) is 0 Å². The van der Waals surface area contributed by atoms with Crippen LogP contribution in [-0.2, 0) is 0 Å². The first kappa shape index (κ1) is 17.2. The quantitative estimate of drug-likeness (QED) is 0.556. The van der Waals surface area contributed by atoms with Gasteiger partial charge in [-0.2, -0.15) is 0 Å². The van der Waals surface area contributed by atoms with Gasteiger partial charge in [0.15, 0.2) is 11.6 Å². The van der Waals surface area contributed by atoms with Gasteiger partial charge in [0, 0.05) is 5.92 Å². The van der Waals surface area contributed by atoms with Crippen molar-refractivity contribution in [3.63, 3.8) is 0 Å². The molecule has 3 heterocycles. The van der Waals surface area contributed by atoms with E-state index in [-0.39, 0.29) is 11.7 Å². The maximum atomic E-state index is 14.9. The number of fused-ring (bicyclic) bond motifs is 2. The Bertz CT molecular complexity index is 1190. The van der Waals surface area contributed by atoms with Gasteiger partial charge in [0.1, 0.15) is 16.9 Å². The first-order valence-corrected chi connectivity index (χ1v) is 9.60. The van der Waals surface area contributed by atoms with Gasteiger partial charge in [-0.3, -0.25) is 0 Å². The molecule has 1 aliphatic heterocycles. The van der Waals surface area contributed by atoms with Crippen molar-refractivity contribution in [1.82, 2.24) is 30.5 Å². The molecule has 5 rings (SSSR count). The van der Waals surface area contributed by atoms with Crippen molar-refractivity contribution in [2.24, 2.45) is 0 Å². The summed E-state index contributed by atoms with van der Waals surface area (Å²) in [4.78, 5) is 12.3. The van der Waals surface area contributed by atoms with Crippen LogP contribution in [0.1, 0.15) is 36.0 Å². The lowest BCUT2D eigenvalue weighted by atomic mass is 9.97. The average molecular weight is 376 g/mol. The van der Waals surface area contributed by atoms with Gasteiger partial charge in [-0.15, -0.1) is 10.2 Å². The average Bonchev–Trinajstić information content (AvgIpc) is 3.09. The minimum atomic E-state index is -0.365. The van der Waals surface area contributed by atoms with Crippen LogP contribution in [0.2, 0.25) is 0 Å². The van der Waals surface area contributed by atoms with Gasteiger partial charge in [0.05, 0.1) is 11.0 Å². The monoisotopic (exact) mass is 376 g/mol. The summed E-state index contributed by atoms with van der Waals surface area (Å²) in [6, 6.07) is 7.40. The minimum absolute atomic E-state index is 0.242. The number of aromatic amines is 1. The summed E-state index contributed by atoms with van der Waals surface area (Å²) in [5.74, 6) is 1.38. The van der Waals surface area contributed by atoms with E-state index in [1.165, 1.54) is 6.07 Å². The lowest BCUT2D eigenvalue weighted by Gasteiger charge is -2.20. The predicted octanol–water partition coefficient (Wildman–Crippen LogP) is 3.79. The molecule has 28 heavy (non-hydrogen) atoms. The molecular weight excluding hydrogens is 355 g/mol. The predicted molar refractivity (Wildman–Crippen MR) is 107 cm³/mol. The molecule has 0 amide bonds. The first-order valence-electron chi connectivity index (χ1n) is 9.60. The highest BCUT2D eigenvalue weighted by molar-refractivity contribution is 5.88. The van der Waals surface area contributed by atoms with Crippen LogP contribution in [0.15, 0.2) is 24.3 Å². The molecule has 1 aliphatic rings. The molecular formula is C21H21FN6. The number of nitrogens with zero attached hydrogens (tertiary/aromatic N) is 4. The molecule has 1 saturated heterocycles. The number of hydrogen-bond donors (Lipinski definition) is 2. The van der Waals surface area contributed by atoms with Crippen LogP contribution in [0.5, 0.6) is 0 Å². The lowest BCUT2D eigenvalue weighted by molar-refractivity contribution is 0.442. The normalized spacial score (nSPS) is 15.5. The molecule has 0 saturated carbocycles. The fourth-order valence-electron chi connectivity index (χ4n) is 4.01. The van der Waals surface area contributed by atoms with Gasteiger partial charge >= 0.3 is 0 Å². The first-order chi connectivity index (χ1) is 13.6. The molecule has 0 unspecified atom stereocenters. The van der Waals surface area contributed by atoms with Gasteiger partial charge in [-0.05, 0) is 80.7 Å². The van der Waals surface area contributed by atoms with Crippen molar-refractivity contribution < 1.29 is 4.39 Å². The Kier molecular flexibility index (Phi) is 4.05. The maximum absolute atomic E-state index is 14.9. The summed E-state index contributed by atoms with van der Waals surface area (Å²) in [5.41, 5.74) is 5.37. The molecule has 0 bridgehead atoms. The van der Waals surface area contributed by atoms with Crippen molar-refractivity contribution in [3.8, 4) is 11.1 Å². The topological polar surface area (TPSA) is 79.4 Å². The second-order valence-electron chi connectivity index (χ2n) is 7.53. The number of piperidine rings is 1. The molecule has 0 radical (unpaired) electrons.